The molecule has 4 rings (SSSR count). The number of rotatable bonds is 9. The lowest BCUT2D eigenvalue weighted by Crippen LogP contribution is -2.48. The monoisotopic (exact) mass is 719 g/mol. The summed E-state index contributed by atoms with van der Waals surface area (Å²) in [5.41, 5.74) is 1.10. The number of likely N-dealkylation sites (N-methyl/N-ethyl adjacent to an activating group) is 1. The average Bonchev–Trinajstić information content (AvgIpc) is 3.06. The highest BCUT2D eigenvalue weighted by molar-refractivity contribution is 7.92. The standard InChI is InChI=1S/C35H46FN3O8S2/c1-24-9-14-31(15-10-24)49(44,45)38(5)22-34-25(2)21-39(26(3)23-40)35(41)32-20-29(37-48(42,43)30-16-11-28(36)12-17-30)13-18-33(32)47-27(4)8-6-7-19-46-34/h9-18,20,25-27,34,37,40H,6-8,19,21-23H2,1-5H3/t25-,26+,27-,34-/m1/s1. The zero-order valence-corrected chi connectivity index (χ0v) is 30.1. The van der Waals surface area contributed by atoms with Crippen LogP contribution in [-0.2, 0) is 24.8 Å². The molecule has 4 atom stereocenters. The van der Waals surface area contributed by atoms with Crippen LogP contribution >= 0.6 is 0 Å². The topological polar surface area (TPSA) is 143 Å². The molecule has 1 amide bonds. The molecule has 0 saturated carbocycles. The van der Waals surface area contributed by atoms with Gasteiger partial charge in [0.15, 0.2) is 0 Å². The van der Waals surface area contributed by atoms with E-state index >= 15 is 0 Å². The first kappa shape index (κ1) is 38.2. The van der Waals surface area contributed by atoms with Gasteiger partial charge in [0.25, 0.3) is 15.9 Å². The first-order valence-electron chi connectivity index (χ1n) is 16.3. The summed E-state index contributed by atoms with van der Waals surface area (Å²) in [4.78, 5) is 15.8. The number of carbonyl (C=O) groups excluding carboxylic acids is 1. The van der Waals surface area contributed by atoms with Crippen LogP contribution in [0.3, 0.4) is 0 Å². The van der Waals surface area contributed by atoms with Gasteiger partial charge in [-0.15, -0.1) is 0 Å². The predicted molar refractivity (Wildman–Crippen MR) is 185 cm³/mol. The Morgan fingerprint density at radius 3 is 2.31 bits per heavy atom. The Bertz CT molecular complexity index is 1790. The number of hydrogen-bond acceptors (Lipinski definition) is 8. The van der Waals surface area contributed by atoms with E-state index in [9.17, 15) is 31.1 Å². The predicted octanol–water partition coefficient (Wildman–Crippen LogP) is 5.05. The lowest BCUT2D eigenvalue weighted by atomic mass is 10.0. The van der Waals surface area contributed by atoms with Crippen LogP contribution in [-0.4, -0.2) is 88.7 Å². The number of ether oxygens (including phenoxy) is 2. The van der Waals surface area contributed by atoms with Crippen molar-refractivity contribution < 1.29 is 40.6 Å². The molecular weight excluding hydrogens is 674 g/mol. The number of carbonyl (C=O) groups is 1. The molecule has 0 radical (unpaired) electrons. The van der Waals surface area contributed by atoms with Crippen molar-refractivity contribution in [2.75, 3.05) is 38.1 Å². The molecule has 0 unspecified atom stereocenters. The number of nitrogens with one attached hydrogen (secondary N) is 1. The molecular formula is C35H46FN3O8S2. The Hall–Kier alpha value is -3.56. The maximum atomic E-state index is 14.4. The highest BCUT2D eigenvalue weighted by Crippen LogP contribution is 2.30. The Morgan fingerprint density at radius 1 is 1.00 bits per heavy atom. The zero-order valence-electron chi connectivity index (χ0n) is 28.5. The second-order valence-electron chi connectivity index (χ2n) is 12.7. The maximum absolute atomic E-state index is 14.4. The van der Waals surface area contributed by atoms with Gasteiger partial charge in [-0.25, -0.2) is 21.2 Å². The van der Waals surface area contributed by atoms with Gasteiger partial charge in [-0.1, -0.05) is 24.6 Å². The molecule has 0 bridgehead atoms. The van der Waals surface area contributed by atoms with Gasteiger partial charge in [-0.3, -0.25) is 9.52 Å². The summed E-state index contributed by atoms with van der Waals surface area (Å²) in [6.45, 7) is 7.41. The van der Waals surface area contributed by atoms with Crippen molar-refractivity contribution in [3.8, 4) is 5.75 Å². The van der Waals surface area contributed by atoms with Crippen molar-refractivity contribution in [3.63, 3.8) is 0 Å². The highest BCUT2D eigenvalue weighted by atomic mass is 32.2. The number of anilines is 1. The fourth-order valence-corrected chi connectivity index (χ4v) is 7.75. The van der Waals surface area contributed by atoms with Crippen LogP contribution in [0.4, 0.5) is 10.1 Å². The maximum Gasteiger partial charge on any atom is 0.261 e. The van der Waals surface area contributed by atoms with E-state index in [4.69, 9.17) is 9.47 Å². The molecule has 1 aliphatic heterocycles. The molecule has 49 heavy (non-hydrogen) atoms. The normalized spacial score (nSPS) is 20.6. The number of hydrogen-bond donors (Lipinski definition) is 2. The van der Waals surface area contributed by atoms with Crippen LogP contribution < -0.4 is 9.46 Å². The first-order valence-corrected chi connectivity index (χ1v) is 19.2. The van der Waals surface area contributed by atoms with Crippen LogP contribution in [0.15, 0.2) is 76.5 Å². The molecule has 268 valence electrons. The Labute approximate surface area is 289 Å². The summed E-state index contributed by atoms with van der Waals surface area (Å²) < 4.78 is 82.8. The summed E-state index contributed by atoms with van der Waals surface area (Å²) in [6, 6.07) is 14.7. The van der Waals surface area contributed by atoms with Gasteiger partial charge in [0.2, 0.25) is 10.0 Å². The lowest BCUT2D eigenvalue weighted by Gasteiger charge is -2.35. The third-order valence-electron chi connectivity index (χ3n) is 8.59. The van der Waals surface area contributed by atoms with E-state index in [1.807, 2.05) is 20.8 Å². The largest absolute Gasteiger partial charge is 0.490 e. The number of halogens is 1. The van der Waals surface area contributed by atoms with E-state index in [0.717, 1.165) is 36.2 Å². The minimum absolute atomic E-state index is 0.0261. The number of amides is 1. The molecule has 3 aromatic rings. The Kier molecular flexibility index (Phi) is 12.8. The van der Waals surface area contributed by atoms with Crippen LogP contribution in [0.2, 0.25) is 0 Å². The molecule has 0 aromatic heterocycles. The van der Waals surface area contributed by atoms with E-state index in [1.165, 1.54) is 34.5 Å². The number of benzene rings is 3. The molecule has 1 aliphatic rings. The number of fused-ring (bicyclic) bond motifs is 1. The van der Waals surface area contributed by atoms with Crippen molar-refractivity contribution in [3.05, 3.63) is 83.7 Å². The van der Waals surface area contributed by atoms with Crippen molar-refractivity contribution in [2.24, 2.45) is 5.92 Å². The molecule has 11 nitrogen and oxygen atoms in total. The van der Waals surface area contributed by atoms with Gasteiger partial charge >= 0.3 is 0 Å². The van der Waals surface area contributed by atoms with E-state index in [0.29, 0.717) is 19.4 Å². The Balaban J connectivity index is 1.67. The second kappa shape index (κ2) is 16.4. The summed E-state index contributed by atoms with van der Waals surface area (Å²) in [7, 11) is -6.46. The SMILES string of the molecule is Cc1ccc(S(=O)(=O)N(C)C[C@H]2OCCCC[C@@H](C)Oc3ccc(NS(=O)(=O)c4ccc(F)cc4)cc3C(=O)N([C@@H](C)CO)C[C@H]2C)cc1. The summed E-state index contributed by atoms with van der Waals surface area (Å²) >= 11 is 0. The van der Waals surface area contributed by atoms with E-state index in [2.05, 4.69) is 4.72 Å². The summed E-state index contributed by atoms with van der Waals surface area (Å²) in [6.07, 6.45) is 1.16. The number of aryl methyl sites for hydroxylation is 1. The summed E-state index contributed by atoms with van der Waals surface area (Å²) in [5.74, 6) is -1.24. The van der Waals surface area contributed by atoms with E-state index in [1.54, 1.807) is 31.2 Å². The molecule has 0 aliphatic carbocycles. The van der Waals surface area contributed by atoms with Crippen LogP contribution in [0.25, 0.3) is 0 Å². The van der Waals surface area contributed by atoms with Crippen LogP contribution in [0.1, 0.15) is 56.0 Å². The molecule has 0 fully saturated rings. The number of sulfonamides is 2. The van der Waals surface area contributed by atoms with E-state index < -0.39 is 43.9 Å². The number of nitrogens with zero attached hydrogens (tertiary/aromatic N) is 2. The average molecular weight is 720 g/mol. The molecule has 1 heterocycles. The molecule has 3 aromatic carbocycles. The minimum atomic E-state index is -4.12. The fourth-order valence-electron chi connectivity index (χ4n) is 5.52. The van der Waals surface area contributed by atoms with Crippen molar-refractivity contribution in [1.29, 1.82) is 0 Å². The molecule has 2 N–H and O–H groups in total. The van der Waals surface area contributed by atoms with Gasteiger partial charge in [-0.05, 0) is 94.6 Å². The second-order valence-corrected chi connectivity index (χ2v) is 16.4. The number of aliphatic hydroxyl groups excluding tert-OH is 1. The number of aliphatic hydroxyl groups is 1. The van der Waals surface area contributed by atoms with Crippen LogP contribution in [0, 0.1) is 18.7 Å². The smallest absolute Gasteiger partial charge is 0.261 e. The summed E-state index contributed by atoms with van der Waals surface area (Å²) in [5, 5.41) is 10.2. The van der Waals surface area contributed by atoms with E-state index in [-0.39, 0.29) is 58.5 Å². The minimum Gasteiger partial charge on any atom is -0.490 e. The first-order chi connectivity index (χ1) is 23.1. The Morgan fingerprint density at radius 2 is 1.65 bits per heavy atom. The van der Waals surface area contributed by atoms with Gasteiger partial charge in [-0.2, -0.15) is 4.31 Å². The lowest BCUT2D eigenvalue weighted by molar-refractivity contribution is -0.00833. The van der Waals surface area contributed by atoms with Gasteiger partial charge in [0, 0.05) is 38.3 Å². The molecule has 0 saturated heterocycles. The molecule has 0 spiro atoms. The van der Waals surface area contributed by atoms with Gasteiger partial charge in [0.1, 0.15) is 11.6 Å². The fraction of sp³-hybridized carbons (Fsp3) is 0.457. The zero-order chi connectivity index (χ0) is 35.9. The van der Waals surface area contributed by atoms with Crippen molar-refractivity contribution >= 4 is 31.6 Å². The van der Waals surface area contributed by atoms with Crippen LogP contribution in [0.5, 0.6) is 5.75 Å². The third-order valence-corrected chi connectivity index (χ3v) is 11.8. The van der Waals surface area contributed by atoms with Crippen molar-refractivity contribution in [1.82, 2.24) is 9.21 Å². The van der Waals surface area contributed by atoms with Crippen molar-refractivity contribution in [2.45, 2.75) is 75.0 Å². The molecule has 14 heteroatoms. The highest BCUT2D eigenvalue weighted by Gasteiger charge is 2.32. The van der Waals surface area contributed by atoms with Gasteiger partial charge < -0.3 is 19.5 Å². The third kappa shape index (κ3) is 9.79. The van der Waals surface area contributed by atoms with Gasteiger partial charge in [0.05, 0.1) is 40.2 Å². The quantitative estimate of drug-likeness (QED) is 0.313.